The SMILES string of the molecule is O=C(NCC(Cc1ccccn1)c1ccccc1)C1CC1. The average Bonchev–Trinajstić information content (AvgIpc) is 3.38. The molecule has 2 aromatic rings. The minimum atomic E-state index is 0.206. The van der Waals surface area contributed by atoms with Gasteiger partial charge < -0.3 is 5.32 Å². The number of pyridine rings is 1. The molecule has 0 radical (unpaired) electrons. The first-order valence-corrected chi connectivity index (χ1v) is 7.55. The molecule has 3 heteroatoms. The van der Waals surface area contributed by atoms with E-state index in [1.165, 1.54) is 5.56 Å². The maximum Gasteiger partial charge on any atom is 0.223 e. The van der Waals surface area contributed by atoms with Crippen molar-refractivity contribution in [3.05, 3.63) is 66.0 Å². The van der Waals surface area contributed by atoms with Gasteiger partial charge in [0.2, 0.25) is 5.91 Å². The van der Waals surface area contributed by atoms with Gasteiger partial charge in [0.1, 0.15) is 0 Å². The number of carbonyl (C=O) groups excluding carboxylic acids is 1. The average molecular weight is 280 g/mol. The number of benzene rings is 1. The Morgan fingerprint density at radius 1 is 1.14 bits per heavy atom. The fourth-order valence-corrected chi connectivity index (χ4v) is 2.52. The van der Waals surface area contributed by atoms with Crippen molar-refractivity contribution in [3.63, 3.8) is 0 Å². The van der Waals surface area contributed by atoms with E-state index in [0.29, 0.717) is 6.54 Å². The summed E-state index contributed by atoms with van der Waals surface area (Å²) in [6.45, 7) is 0.677. The Morgan fingerprint density at radius 3 is 2.57 bits per heavy atom. The standard InChI is InChI=1S/C18H20N2O/c21-18(15-9-10-15)20-13-16(14-6-2-1-3-7-14)12-17-8-4-5-11-19-17/h1-8,11,15-16H,9-10,12-13H2,(H,20,21). The zero-order valence-electron chi connectivity index (χ0n) is 12.0. The van der Waals surface area contributed by atoms with Crippen LogP contribution in [-0.4, -0.2) is 17.4 Å². The van der Waals surface area contributed by atoms with Crippen molar-refractivity contribution < 1.29 is 4.79 Å². The molecule has 1 fully saturated rings. The highest BCUT2D eigenvalue weighted by atomic mass is 16.2. The predicted molar refractivity (Wildman–Crippen MR) is 82.9 cm³/mol. The Bertz CT molecular complexity index is 579. The Labute approximate surface area is 125 Å². The third-order valence-electron chi connectivity index (χ3n) is 3.92. The van der Waals surface area contributed by atoms with Gasteiger partial charge in [-0.25, -0.2) is 0 Å². The highest BCUT2D eigenvalue weighted by Crippen LogP contribution is 2.29. The molecule has 1 atom stereocenters. The van der Waals surface area contributed by atoms with Crippen LogP contribution in [0.4, 0.5) is 0 Å². The topological polar surface area (TPSA) is 42.0 Å². The summed E-state index contributed by atoms with van der Waals surface area (Å²) >= 11 is 0. The lowest BCUT2D eigenvalue weighted by Crippen LogP contribution is -2.30. The van der Waals surface area contributed by atoms with Crippen LogP contribution in [0.25, 0.3) is 0 Å². The molecule has 3 nitrogen and oxygen atoms in total. The summed E-state index contributed by atoms with van der Waals surface area (Å²) in [5.74, 6) is 0.733. The van der Waals surface area contributed by atoms with Gasteiger partial charge in [0, 0.05) is 30.3 Å². The van der Waals surface area contributed by atoms with Gasteiger partial charge in [0.25, 0.3) is 0 Å². The molecule has 1 unspecified atom stereocenters. The molecule has 0 spiro atoms. The first kappa shape index (κ1) is 13.8. The second kappa shape index (κ2) is 6.53. The Balaban J connectivity index is 1.69. The van der Waals surface area contributed by atoms with Crippen molar-refractivity contribution in [1.82, 2.24) is 10.3 Å². The lowest BCUT2D eigenvalue weighted by Gasteiger charge is -2.18. The van der Waals surface area contributed by atoms with E-state index in [4.69, 9.17) is 0 Å². The minimum absolute atomic E-state index is 0.206. The third kappa shape index (κ3) is 3.91. The van der Waals surface area contributed by atoms with Crippen LogP contribution in [0.15, 0.2) is 54.7 Å². The van der Waals surface area contributed by atoms with E-state index >= 15 is 0 Å². The van der Waals surface area contributed by atoms with Crippen LogP contribution in [0, 0.1) is 5.92 Å². The normalized spacial score (nSPS) is 15.4. The van der Waals surface area contributed by atoms with Crippen LogP contribution in [-0.2, 0) is 11.2 Å². The molecule has 1 aromatic heterocycles. The van der Waals surface area contributed by atoms with E-state index in [9.17, 15) is 4.79 Å². The number of hydrogen-bond acceptors (Lipinski definition) is 2. The van der Waals surface area contributed by atoms with Crippen molar-refractivity contribution in [2.45, 2.75) is 25.2 Å². The van der Waals surface area contributed by atoms with Gasteiger partial charge in [-0.15, -0.1) is 0 Å². The number of carbonyl (C=O) groups is 1. The lowest BCUT2D eigenvalue weighted by molar-refractivity contribution is -0.122. The van der Waals surface area contributed by atoms with E-state index < -0.39 is 0 Å². The molecule has 0 saturated heterocycles. The van der Waals surface area contributed by atoms with Crippen molar-refractivity contribution in [2.24, 2.45) is 5.92 Å². The van der Waals surface area contributed by atoms with Crippen LogP contribution in [0.1, 0.15) is 30.0 Å². The summed E-state index contributed by atoms with van der Waals surface area (Å²) in [6.07, 6.45) is 4.75. The largest absolute Gasteiger partial charge is 0.355 e. The predicted octanol–water partition coefficient (Wildman–Crippen LogP) is 2.93. The monoisotopic (exact) mass is 280 g/mol. The van der Waals surface area contributed by atoms with E-state index in [-0.39, 0.29) is 17.7 Å². The van der Waals surface area contributed by atoms with Crippen LogP contribution in [0.3, 0.4) is 0 Å². The summed E-state index contributed by atoms with van der Waals surface area (Å²) in [4.78, 5) is 16.3. The fraction of sp³-hybridized carbons (Fsp3) is 0.333. The molecule has 3 rings (SSSR count). The smallest absolute Gasteiger partial charge is 0.223 e. The van der Waals surface area contributed by atoms with Crippen molar-refractivity contribution >= 4 is 5.91 Å². The third-order valence-corrected chi connectivity index (χ3v) is 3.92. The Morgan fingerprint density at radius 2 is 1.90 bits per heavy atom. The number of amides is 1. The molecule has 1 amide bonds. The molecule has 108 valence electrons. The molecule has 1 aliphatic rings. The van der Waals surface area contributed by atoms with Crippen molar-refractivity contribution in [3.8, 4) is 0 Å². The van der Waals surface area contributed by atoms with Gasteiger partial charge >= 0.3 is 0 Å². The van der Waals surface area contributed by atoms with Crippen LogP contribution in [0.2, 0.25) is 0 Å². The summed E-state index contributed by atoms with van der Waals surface area (Å²) < 4.78 is 0. The second-order valence-corrected chi connectivity index (χ2v) is 5.65. The van der Waals surface area contributed by atoms with Gasteiger partial charge in [0.05, 0.1) is 0 Å². The van der Waals surface area contributed by atoms with E-state index in [2.05, 4.69) is 22.4 Å². The van der Waals surface area contributed by atoms with E-state index in [0.717, 1.165) is 25.0 Å². The van der Waals surface area contributed by atoms with Crippen LogP contribution in [0.5, 0.6) is 0 Å². The molecule has 1 heterocycles. The van der Waals surface area contributed by atoms with E-state index in [1.54, 1.807) is 0 Å². The van der Waals surface area contributed by atoms with Gasteiger partial charge in [-0.3, -0.25) is 9.78 Å². The van der Waals surface area contributed by atoms with Crippen LogP contribution >= 0.6 is 0 Å². The molecule has 1 aliphatic carbocycles. The van der Waals surface area contributed by atoms with Crippen molar-refractivity contribution in [2.75, 3.05) is 6.54 Å². The zero-order chi connectivity index (χ0) is 14.5. The molecule has 1 saturated carbocycles. The molecule has 1 N–H and O–H groups in total. The number of nitrogens with zero attached hydrogens (tertiary/aromatic N) is 1. The van der Waals surface area contributed by atoms with Gasteiger partial charge in [-0.1, -0.05) is 36.4 Å². The minimum Gasteiger partial charge on any atom is -0.355 e. The highest BCUT2D eigenvalue weighted by molar-refractivity contribution is 5.80. The quantitative estimate of drug-likeness (QED) is 0.884. The number of nitrogens with one attached hydrogen (secondary N) is 1. The van der Waals surface area contributed by atoms with Gasteiger partial charge in [0.15, 0.2) is 0 Å². The summed E-state index contributed by atoms with van der Waals surface area (Å²) in [6, 6.07) is 16.3. The first-order valence-electron chi connectivity index (χ1n) is 7.55. The van der Waals surface area contributed by atoms with Crippen LogP contribution < -0.4 is 5.32 Å². The zero-order valence-corrected chi connectivity index (χ0v) is 12.0. The molecular formula is C18H20N2O. The number of aromatic nitrogens is 1. The summed E-state index contributed by atoms with van der Waals surface area (Å²) in [5, 5.41) is 3.10. The highest BCUT2D eigenvalue weighted by Gasteiger charge is 2.29. The Hall–Kier alpha value is -2.16. The van der Waals surface area contributed by atoms with E-state index in [1.807, 2.05) is 42.6 Å². The fourth-order valence-electron chi connectivity index (χ4n) is 2.52. The molecule has 0 bridgehead atoms. The lowest BCUT2D eigenvalue weighted by atomic mass is 9.94. The maximum absolute atomic E-state index is 11.9. The molecular weight excluding hydrogens is 260 g/mol. The molecule has 21 heavy (non-hydrogen) atoms. The number of rotatable bonds is 6. The summed E-state index contributed by atoms with van der Waals surface area (Å²) in [5.41, 5.74) is 2.31. The number of hydrogen-bond donors (Lipinski definition) is 1. The first-order chi connectivity index (χ1) is 10.3. The maximum atomic E-state index is 11.9. The second-order valence-electron chi connectivity index (χ2n) is 5.65. The van der Waals surface area contributed by atoms with Gasteiger partial charge in [-0.05, 0) is 37.0 Å². The Kier molecular flexibility index (Phi) is 4.29. The van der Waals surface area contributed by atoms with Gasteiger partial charge in [-0.2, -0.15) is 0 Å². The molecule has 1 aromatic carbocycles. The van der Waals surface area contributed by atoms with Crippen molar-refractivity contribution in [1.29, 1.82) is 0 Å². The summed E-state index contributed by atoms with van der Waals surface area (Å²) in [7, 11) is 0. The molecule has 0 aliphatic heterocycles.